The Morgan fingerprint density at radius 1 is 1.14 bits per heavy atom. The minimum Gasteiger partial charge on any atom is -0.444 e. The van der Waals surface area contributed by atoms with Crippen molar-refractivity contribution in [3.8, 4) is 0 Å². The van der Waals surface area contributed by atoms with E-state index in [1.165, 1.54) is 11.1 Å². The zero-order valence-electron chi connectivity index (χ0n) is 17.8. The van der Waals surface area contributed by atoms with Crippen LogP contribution in [0.3, 0.4) is 0 Å². The monoisotopic (exact) mass is 387 g/mol. The van der Waals surface area contributed by atoms with E-state index in [0.717, 1.165) is 13.0 Å². The van der Waals surface area contributed by atoms with E-state index in [2.05, 4.69) is 43.0 Å². The van der Waals surface area contributed by atoms with E-state index in [-0.39, 0.29) is 24.1 Å². The molecule has 0 N–H and O–H groups in total. The van der Waals surface area contributed by atoms with E-state index in [1.807, 2.05) is 25.7 Å². The topological polar surface area (TPSA) is 53.1 Å². The summed E-state index contributed by atoms with van der Waals surface area (Å²) < 4.78 is 5.49. The summed E-state index contributed by atoms with van der Waals surface area (Å²) in [4.78, 5) is 31.3. The molecule has 2 aliphatic rings. The summed E-state index contributed by atoms with van der Waals surface area (Å²) in [7, 11) is 0. The lowest BCUT2D eigenvalue weighted by atomic mass is 10.1. The maximum absolute atomic E-state index is 13.0. The largest absolute Gasteiger partial charge is 0.444 e. The zero-order valence-corrected chi connectivity index (χ0v) is 17.8. The van der Waals surface area contributed by atoms with Crippen molar-refractivity contribution in [2.75, 3.05) is 26.2 Å². The molecule has 1 aromatic rings. The van der Waals surface area contributed by atoms with Crippen LogP contribution in [0.1, 0.15) is 45.2 Å². The van der Waals surface area contributed by atoms with Gasteiger partial charge in [-0.2, -0.15) is 0 Å². The van der Waals surface area contributed by atoms with Gasteiger partial charge in [0.2, 0.25) is 5.91 Å². The fourth-order valence-corrected chi connectivity index (χ4v) is 4.03. The van der Waals surface area contributed by atoms with Gasteiger partial charge in [0.25, 0.3) is 0 Å². The van der Waals surface area contributed by atoms with Crippen LogP contribution in [0.4, 0.5) is 4.79 Å². The van der Waals surface area contributed by atoms with Gasteiger partial charge in [0.15, 0.2) is 0 Å². The summed E-state index contributed by atoms with van der Waals surface area (Å²) in [6.45, 7) is 13.1. The van der Waals surface area contributed by atoms with E-state index < -0.39 is 5.60 Å². The molecule has 0 radical (unpaired) electrons. The number of rotatable bonds is 3. The molecule has 154 valence electrons. The third-order valence-corrected chi connectivity index (χ3v) is 5.49. The van der Waals surface area contributed by atoms with Gasteiger partial charge in [-0.25, -0.2) is 4.79 Å². The van der Waals surface area contributed by atoms with Crippen molar-refractivity contribution in [2.45, 2.75) is 65.3 Å². The lowest BCUT2D eigenvalue weighted by molar-refractivity contribution is -0.134. The Bertz CT molecular complexity index is 711. The first-order valence-corrected chi connectivity index (χ1v) is 10.2. The molecule has 1 unspecified atom stereocenters. The zero-order chi connectivity index (χ0) is 20.5. The van der Waals surface area contributed by atoms with Gasteiger partial charge in [0.1, 0.15) is 5.60 Å². The summed E-state index contributed by atoms with van der Waals surface area (Å²) in [5.41, 5.74) is 1.91. The second-order valence-electron chi connectivity index (χ2n) is 9.06. The number of carbonyl (C=O) groups is 2. The van der Waals surface area contributed by atoms with Crippen molar-refractivity contribution >= 4 is 12.0 Å². The average Bonchev–Trinajstić information content (AvgIpc) is 2.96. The van der Waals surface area contributed by atoms with Gasteiger partial charge in [0, 0.05) is 38.8 Å². The Morgan fingerprint density at radius 2 is 1.82 bits per heavy atom. The van der Waals surface area contributed by atoms with Gasteiger partial charge in [-0.3, -0.25) is 9.69 Å². The number of hydrogen-bond donors (Lipinski definition) is 0. The van der Waals surface area contributed by atoms with Crippen LogP contribution in [-0.4, -0.2) is 70.6 Å². The van der Waals surface area contributed by atoms with Gasteiger partial charge < -0.3 is 14.5 Å². The third-order valence-electron chi connectivity index (χ3n) is 5.49. The standard InChI is InChI=1S/C22H33N3O3/c1-16-6-8-18(9-7-16)15-23-11-10-19(20(23)26)25-13-12-24(14-17(25)2)21(27)28-22(3,4)5/h6-9,17,19H,10-15H2,1-5H3/t17?,19-/m1/s1. The van der Waals surface area contributed by atoms with Gasteiger partial charge in [-0.1, -0.05) is 29.8 Å². The fourth-order valence-electron chi connectivity index (χ4n) is 4.03. The molecule has 0 spiro atoms. The summed E-state index contributed by atoms with van der Waals surface area (Å²) >= 11 is 0. The molecule has 2 atom stereocenters. The Morgan fingerprint density at radius 3 is 2.43 bits per heavy atom. The Kier molecular flexibility index (Phi) is 5.98. The minimum absolute atomic E-state index is 0.0822. The van der Waals surface area contributed by atoms with Crippen molar-refractivity contribution in [3.63, 3.8) is 0 Å². The highest BCUT2D eigenvalue weighted by Crippen LogP contribution is 2.24. The molecular weight excluding hydrogens is 354 g/mol. The van der Waals surface area contributed by atoms with Crippen molar-refractivity contribution in [3.05, 3.63) is 35.4 Å². The van der Waals surface area contributed by atoms with Crippen LogP contribution in [0.5, 0.6) is 0 Å². The number of carbonyl (C=O) groups excluding carboxylic acids is 2. The maximum Gasteiger partial charge on any atom is 0.410 e. The number of hydrogen-bond acceptors (Lipinski definition) is 4. The van der Waals surface area contributed by atoms with Crippen LogP contribution in [0.25, 0.3) is 0 Å². The van der Waals surface area contributed by atoms with Crippen LogP contribution in [0, 0.1) is 6.92 Å². The summed E-state index contributed by atoms with van der Waals surface area (Å²) in [6.07, 6.45) is 0.583. The first kappa shape index (κ1) is 20.6. The molecule has 0 aliphatic carbocycles. The highest BCUT2D eigenvalue weighted by Gasteiger charge is 2.40. The predicted octanol–water partition coefficient (Wildman–Crippen LogP) is 3.04. The van der Waals surface area contributed by atoms with Crippen LogP contribution >= 0.6 is 0 Å². The normalized spacial score (nSPS) is 24.0. The SMILES string of the molecule is Cc1ccc(CN2CC[C@@H](N3CCN(C(=O)OC(C)(C)C)CC3C)C2=O)cc1. The van der Waals surface area contributed by atoms with Crippen LogP contribution in [0.15, 0.2) is 24.3 Å². The third kappa shape index (κ3) is 4.85. The molecule has 2 amide bonds. The minimum atomic E-state index is -0.491. The van der Waals surface area contributed by atoms with Crippen LogP contribution < -0.4 is 0 Å². The summed E-state index contributed by atoms with van der Waals surface area (Å²) in [5, 5.41) is 0. The molecule has 1 aromatic carbocycles. The van der Waals surface area contributed by atoms with E-state index in [4.69, 9.17) is 4.74 Å². The van der Waals surface area contributed by atoms with Crippen molar-refractivity contribution < 1.29 is 14.3 Å². The Hall–Kier alpha value is -2.08. The lowest BCUT2D eigenvalue weighted by Crippen LogP contribution is -2.58. The number of ether oxygens (including phenoxy) is 1. The summed E-state index contributed by atoms with van der Waals surface area (Å²) in [5.74, 6) is 0.207. The maximum atomic E-state index is 13.0. The predicted molar refractivity (Wildman–Crippen MR) is 109 cm³/mol. The van der Waals surface area contributed by atoms with E-state index in [0.29, 0.717) is 26.2 Å². The highest BCUT2D eigenvalue weighted by atomic mass is 16.6. The van der Waals surface area contributed by atoms with E-state index in [1.54, 1.807) is 4.90 Å². The van der Waals surface area contributed by atoms with Crippen LogP contribution in [0.2, 0.25) is 0 Å². The second kappa shape index (κ2) is 8.11. The summed E-state index contributed by atoms with van der Waals surface area (Å²) in [6, 6.07) is 8.42. The number of benzene rings is 1. The van der Waals surface area contributed by atoms with Crippen molar-refractivity contribution in [1.29, 1.82) is 0 Å². The molecule has 28 heavy (non-hydrogen) atoms. The number of piperazine rings is 1. The lowest BCUT2D eigenvalue weighted by Gasteiger charge is -2.42. The molecule has 2 heterocycles. The molecule has 0 aromatic heterocycles. The van der Waals surface area contributed by atoms with E-state index in [9.17, 15) is 9.59 Å². The van der Waals surface area contributed by atoms with Crippen molar-refractivity contribution in [2.24, 2.45) is 0 Å². The highest BCUT2D eigenvalue weighted by molar-refractivity contribution is 5.84. The van der Waals surface area contributed by atoms with Gasteiger partial charge >= 0.3 is 6.09 Å². The molecule has 3 rings (SSSR count). The number of aryl methyl sites for hydroxylation is 1. The molecule has 2 aliphatic heterocycles. The fraction of sp³-hybridized carbons (Fsp3) is 0.636. The number of likely N-dealkylation sites (tertiary alicyclic amines) is 1. The molecule has 6 nitrogen and oxygen atoms in total. The molecular formula is C22H33N3O3. The van der Waals surface area contributed by atoms with Gasteiger partial charge in [-0.05, 0) is 46.6 Å². The van der Waals surface area contributed by atoms with Gasteiger partial charge in [-0.15, -0.1) is 0 Å². The average molecular weight is 388 g/mol. The van der Waals surface area contributed by atoms with Gasteiger partial charge in [0.05, 0.1) is 6.04 Å². The Labute approximate surface area is 168 Å². The number of nitrogens with zero attached hydrogens (tertiary/aromatic N) is 3. The molecule has 6 heteroatoms. The first-order valence-electron chi connectivity index (χ1n) is 10.2. The molecule has 2 fully saturated rings. The van der Waals surface area contributed by atoms with Crippen molar-refractivity contribution in [1.82, 2.24) is 14.7 Å². The number of amides is 2. The molecule has 0 saturated carbocycles. The molecule has 2 saturated heterocycles. The smallest absolute Gasteiger partial charge is 0.410 e. The van der Waals surface area contributed by atoms with E-state index >= 15 is 0 Å². The Balaban J connectivity index is 1.57. The quantitative estimate of drug-likeness (QED) is 0.800. The second-order valence-corrected chi connectivity index (χ2v) is 9.06. The molecule has 0 bridgehead atoms. The first-order chi connectivity index (χ1) is 13.1. The van der Waals surface area contributed by atoms with Crippen LogP contribution in [-0.2, 0) is 16.1 Å².